The topological polar surface area (TPSA) is 49.8 Å². The van der Waals surface area contributed by atoms with Crippen molar-refractivity contribution < 1.29 is 14.6 Å². The molecule has 0 fully saturated rings. The fourth-order valence-electron chi connectivity index (χ4n) is 0.811. The van der Waals surface area contributed by atoms with Crippen molar-refractivity contribution in [2.24, 2.45) is 0 Å². The maximum Gasteiger partial charge on any atom is 0.410 e. The fourth-order valence-corrected chi connectivity index (χ4v) is 0.811. The van der Waals surface area contributed by atoms with E-state index in [1.807, 2.05) is 0 Å². The summed E-state index contributed by atoms with van der Waals surface area (Å²) >= 11 is 0. The molecule has 13 heavy (non-hydrogen) atoms. The van der Waals surface area contributed by atoms with Crippen LogP contribution in [-0.2, 0) is 4.74 Å². The van der Waals surface area contributed by atoms with Crippen LogP contribution in [0.1, 0.15) is 27.7 Å². The second kappa shape index (κ2) is 4.46. The minimum absolute atomic E-state index is 0.287. The van der Waals surface area contributed by atoms with Crippen molar-refractivity contribution in [1.29, 1.82) is 0 Å². The normalized spacial score (nSPS) is 13.7. The van der Waals surface area contributed by atoms with Gasteiger partial charge in [0.2, 0.25) is 0 Å². The first-order valence-electron chi connectivity index (χ1n) is 4.34. The Morgan fingerprint density at radius 2 is 2.00 bits per heavy atom. The Morgan fingerprint density at radius 1 is 1.54 bits per heavy atom. The van der Waals surface area contributed by atoms with Crippen LogP contribution in [0.3, 0.4) is 0 Å². The quantitative estimate of drug-likeness (QED) is 0.711. The standard InChI is InChI=1S/C9H19NO3/c1-7(11)6-10(5)8(12)13-9(2,3)4/h7,11H,6H2,1-5H3/t7-/m1/s1. The van der Waals surface area contributed by atoms with E-state index in [4.69, 9.17) is 9.84 Å². The minimum Gasteiger partial charge on any atom is -0.444 e. The molecule has 0 spiro atoms. The van der Waals surface area contributed by atoms with E-state index < -0.39 is 17.8 Å². The van der Waals surface area contributed by atoms with Gasteiger partial charge in [-0.1, -0.05) is 0 Å². The van der Waals surface area contributed by atoms with Gasteiger partial charge in [-0.25, -0.2) is 4.79 Å². The molecular formula is C9H19NO3. The van der Waals surface area contributed by atoms with E-state index in [9.17, 15) is 4.79 Å². The van der Waals surface area contributed by atoms with E-state index >= 15 is 0 Å². The zero-order valence-corrected chi connectivity index (χ0v) is 9.00. The highest BCUT2D eigenvalue weighted by atomic mass is 16.6. The number of ether oxygens (including phenoxy) is 1. The molecule has 0 aromatic carbocycles. The lowest BCUT2D eigenvalue weighted by Crippen LogP contribution is -2.37. The molecule has 0 radical (unpaired) electrons. The molecule has 0 aliphatic carbocycles. The van der Waals surface area contributed by atoms with Crippen molar-refractivity contribution in [2.45, 2.75) is 39.4 Å². The predicted octanol–water partition coefficient (Wildman–Crippen LogP) is 1.23. The number of aliphatic hydroxyl groups is 1. The SMILES string of the molecule is C[C@@H](O)CN(C)C(=O)OC(C)(C)C. The molecule has 4 heteroatoms. The molecule has 1 N–H and O–H groups in total. The monoisotopic (exact) mass is 189 g/mol. The molecule has 0 aromatic rings. The summed E-state index contributed by atoms with van der Waals surface area (Å²) < 4.78 is 5.08. The van der Waals surface area contributed by atoms with Crippen LogP contribution in [0.4, 0.5) is 4.79 Å². The van der Waals surface area contributed by atoms with Crippen molar-refractivity contribution in [3.63, 3.8) is 0 Å². The predicted molar refractivity (Wildman–Crippen MR) is 50.5 cm³/mol. The van der Waals surface area contributed by atoms with E-state index in [-0.39, 0.29) is 6.54 Å². The van der Waals surface area contributed by atoms with Crippen LogP contribution >= 0.6 is 0 Å². The van der Waals surface area contributed by atoms with Crippen molar-refractivity contribution in [1.82, 2.24) is 4.90 Å². The van der Waals surface area contributed by atoms with Crippen LogP contribution in [0, 0.1) is 0 Å². The Labute approximate surface area is 79.5 Å². The van der Waals surface area contributed by atoms with Gasteiger partial charge in [0, 0.05) is 13.6 Å². The summed E-state index contributed by atoms with van der Waals surface area (Å²) in [6.45, 7) is 7.33. The number of amides is 1. The highest BCUT2D eigenvalue weighted by Gasteiger charge is 2.19. The molecule has 0 heterocycles. The second-order valence-corrected chi connectivity index (χ2v) is 4.21. The van der Waals surface area contributed by atoms with Crippen molar-refractivity contribution in [3.05, 3.63) is 0 Å². The van der Waals surface area contributed by atoms with Gasteiger partial charge in [-0.3, -0.25) is 0 Å². The largest absolute Gasteiger partial charge is 0.444 e. The maximum atomic E-state index is 11.3. The van der Waals surface area contributed by atoms with Gasteiger partial charge in [-0.05, 0) is 27.7 Å². The summed E-state index contributed by atoms with van der Waals surface area (Å²) in [6, 6.07) is 0. The zero-order valence-electron chi connectivity index (χ0n) is 9.00. The number of carbonyl (C=O) groups excluding carboxylic acids is 1. The molecule has 0 aliphatic rings. The Kier molecular flexibility index (Phi) is 4.20. The van der Waals surface area contributed by atoms with Crippen LogP contribution in [0.5, 0.6) is 0 Å². The number of aliphatic hydroxyl groups excluding tert-OH is 1. The second-order valence-electron chi connectivity index (χ2n) is 4.21. The van der Waals surface area contributed by atoms with Gasteiger partial charge >= 0.3 is 6.09 Å². The number of carbonyl (C=O) groups is 1. The summed E-state index contributed by atoms with van der Waals surface area (Å²) in [5.41, 5.74) is -0.482. The van der Waals surface area contributed by atoms with Gasteiger partial charge in [-0.15, -0.1) is 0 Å². The third kappa shape index (κ3) is 6.40. The number of likely N-dealkylation sites (N-methyl/N-ethyl adjacent to an activating group) is 1. The molecule has 0 rings (SSSR count). The Morgan fingerprint density at radius 3 is 2.31 bits per heavy atom. The smallest absolute Gasteiger partial charge is 0.410 e. The van der Waals surface area contributed by atoms with Gasteiger partial charge in [0.15, 0.2) is 0 Å². The van der Waals surface area contributed by atoms with Crippen molar-refractivity contribution in [3.8, 4) is 0 Å². The van der Waals surface area contributed by atoms with Crippen molar-refractivity contribution in [2.75, 3.05) is 13.6 Å². The molecule has 4 nitrogen and oxygen atoms in total. The van der Waals surface area contributed by atoms with Crippen LogP contribution in [0.25, 0.3) is 0 Å². The maximum absolute atomic E-state index is 11.3. The van der Waals surface area contributed by atoms with Crippen LogP contribution < -0.4 is 0 Å². The molecule has 0 aliphatic heterocycles. The third-order valence-electron chi connectivity index (χ3n) is 1.24. The summed E-state index contributed by atoms with van der Waals surface area (Å²) in [7, 11) is 1.60. The Hall–Kier alpha value is -0.770. The summed E-state index contributed by atoms with van der Waals surface area (Å²) in [6.07, 6.45) is -0.939. The average molecular weight is 189 g/mol. The lowest BCUT2D eigenvalue weighted by atomic mass is 10.2. The Bertz CT molecular complexity index is 172. The van der Waals surface area contributed by atoms with Crippen LogP contribution in [0.2, 0.25) is 0 Å². The molecule has 0 unspecified atom stereocenters. The Balaban J connectivity index is 3.97. The van der Waals surface area contributed by atoms with E-state index in [2.05, 4.69) is 0 Å². The average Bonchev–Trinajstić information content (AvgIpc) is 1.81. The van der Waals surface area contributed by atoms with E-state index in [1.54, 1.807) is 34.7 Å². The minimum atomic E-state index is -0.530. The molecule has 1 amide bonds. The van der Waals surface area contributed by atoms with Gasteiger partial charge in [-0.2, -0.15) is 0 Å². The molecule has 78 valence electrons. The highest BCUT2D eigenvalue weighted by Crippen LogP contribution is 2.08. The van der Waals surface area contributed by atoms with E-state index in [1.165, 1.54) is 4.90 Å². The molecule has 0 bridgehead atoms. The fraction of sp³-hybridized carbons (Fsp3) is 0.889. The number of nitrogens with zero attached hydrogens (tertiary/aromatic N) is 1. The van der Waals surface area contributed by atoms with Crippen LogP contribution in [0.15, 0.2) is 0 Å². The first-order valence-corrected chi connectivity index (χ1v) is 4.34. The summed E-state index contributed by atoms with van der Waals surface area (Å²) in [5.74, 6) is 0. The highest BCUT2D eigenvalue weighted by molar-refractivity contribution is 5.67. The first-order chi connectivity index (χ1) is 5.72. The summed E-state index contributed by atoms with van der Waals surface area (Å²) in [5, 5.41) is 9.02. The van der Waals surface area contributed by atoms with E-state index in [0.717, 1.165) is 0 Å². The van der Waals surface area contributed by atoms with Crippen LogP contribution in [-0.4, -0.2) is 41.4 Å². The molecule has 1 atom stereocenters. The molecule has 0 saturated carbocycles. The van der Waals surface area contributed by atoms with Gasteiger partial charge in [0.05, 0.1) is 6.10 Å². The van der Waals surface area contributed by atoms with Gasteiger partial charge < -0.3 is 14.7 Å². The lowest BCUT2D eigenvalue weighted by molar-refractivity contribution is 0.0221. The van der Waals surface area contributed by atoms with Crippen molar-refractivity contribution >= 4 is 6.09 Å². The first kappa shape index (κ1) is 12.2. The van der Waals surface area contributed by atoms with Gasteiger partial charge in [0.25, 0.3) is 0 Å². The molecular weight excluding hydrogens is 170 g/mol. The number of hydrogen-bond acceptors (Lipinski definition) is 3. The molecule has 0 saturated heterocycles. The zero-order chi connectivity index (χ0) is 10.6. The van der Waals surface area contributed by atoms with Gasteiger partial charge in [0.1, 0.15) is 5.60 Å². The third-order valence-corrected chi connectivity index (χ3v) is 1.24. The number of rotatable bonds is 2. The summed E-state index contributed by atoms with van der Waals surface area (Å²) in [4.78, 5) is 12.6. The van der Waals surface area contributed by atoms with E-state index in [0.29, 0.717) is 0 Å². The number of hydrogen-bond donors (Lipinski definition) is 1. The lowest BCUT2D eigenvalue weighted by Gasteiger charge is -2.25. The molecule has 0 aromatic heterocycles.